The van der Waals surface area contributed by atoms with Gasteiger partial charge in [0.05, 0.1) is 17.2 Å². The van der Waals surface area contributed by atoms with Crippen molar-refractivity contribution >= 4 is 27.0 Å². The second-order valence-corrected chi connectivity index (χ2v) is 3.82. The summed E-state index contributed by atoms with van der Waals surface area (Å²) >= 11 is 2.26. The van der Waals surface area contributed by atoms with Gasteiger partial charge < -0.3 is 0 Å². The summed E-state index contributed by atoms with van der Waals surface area (Å²) < 4.78 is 15.0. The molecule has 0 radical (unpaired) electrons. The first-order valence-electron chi connectivity index (χ1n) is 1.95. The van der Waals surface area contributed by atoms with Gasteiger partial charge in [-0.3, -0.25) is 4.18 Å². The average Bonchev–Trinajstić information content (AvgIpc) is 1.87. The predicted molar refractivity (Wildman–Crippen MR) is 31.7 cm³/mol. The van der Waals surface area contributed by atoms with Crippen LogP contribution in [0.4, 0.5) is 0 Å². The summed E-state index contributed by atoms with van der Waals surface area (Å²) in [6.07, 6.45) is 0. The minimum absolute atomic E-state index is 0.313. The van der Waals surface area contributed by atoms with Crippen molar-refractivity contribution in [1.29, 1.82) is 0 Å². The molecule has 1 heterocycles. The van der Waals surface area contributed by atoms with Gasteiger partial charge in [0.2, 0.25) is 0 Å². The van der Waals surface area contributed by atoms with Gasteiger partial charge in [-0.25, -0.2) is 4.21 Å². The quantitative estimate of drug-likeness (QED) is 0.512. The van der Waals surface area contributed by atoms with Gasteiger partial charge in [-0.05, 0) is 0 Å². The second-order valence-electron chi connectivity index (χ2n) is 1.35. The van der Waals surface area contributed by atoms with Crippen molar-refractivity contribution in [2.24, 2.45) is 0 Å². The van der Waals surface area contributed by atoms with Gasteiger partial charge in [-0.2, -0.15) is 0 Å². The van der Waals surface area contributed by atoms with Crippen LogP contribution in [0.1, 0.15) is 0 Å². The molecule has 1 saturated heterocycles. The summed E-state index contributed by atoms with van der Waals surface area (Å²) in [4.78, 5) is 0.313. The lowest BCUT2D eigenvalue weighted by atomic mass is 10.5. The van der Waals surface area contributed by atoms with E-state index in [4.69, 9.17) is 4.18 Å². The Morgan fingerprint density at radius 3 is 2.71 bits per heavy atom. The van der Waals surface area contributed by atoms with Crippen LogP contribution < -0.4 is 0 Å². The van der Waals surface area contributed by atoms with Crippen molar-refractivity contribution in [2.75, 3.05) is 12.4 Å². The van der Waals surface area contributed by atoms with E-state index in [1.807, 2.05) is 0 Å². The summed E-state index contributed by atoms with van der Waals surface area (Å²) in [5.41, 5.74) is 0. The van der Waals surface area contributed by atoms with E-state index < -0.39 is 11.1 Å². The van der Waals surface area contributed by atoms with E-state index >= 15 is 0 Å². The zero-order valence-electron chi connectivity index (χ0n) is 3.59. The first-order valence-corrected chi connectivity index (χ1v) is 4.11. The Kier molecular flexibility index (Phi) is 1.83. The molecule has 0 aromatic rings. The van der Waals surface area contributed by atoms with Crippen LogP contribution in [0, 0.1) is 0 Å². The number of alkyl halides is 1. The zero-order chi connectivity index (χ0) is 5.28. The molecular weight excluding hydrogens is 180 g/mol. The highest BCUT2D eigenvalue weighted by Gasteiger charge is 2.18. The third-order valence-electron chi connectivity index (χ3n) is 0.697. The Labute approximate surface area is 53.0 Å². The van der Waals surface area contributed by atoms with Gasteiger partial charge in [-0.1, -0.05) is 15.9 Å². The molecule has 2 atom stereocenters. The number of hydrogen-bond donors (Lipinski definition) is 0. The van der Waals surface area contributed by atoms with Gasteiger partial charge in [-0.15, -0.1) is 0 Å². The molecule has 1 fully saturated rings. The molecule has 1 aliphatic heterocycles. The number of rotatable bonds is 0. The van der Waals surface area contributed by atoms with Crippen molar-refractivity contribution in [2.45, 2.75) is 4.83 Å². The Bertz CT molecular complexity index is 94.9. The van der Waals surface area contributed by atoms with Crippen molar-refractivity contribution < 1.29 is 8.39 Å². The Balaban J connectivity index is 2.40. The molecule has 0 spiro atoms. The van der Waals surface area contributed by atoms with Gasteiger partial charge in [0, 0.05) is 0 Å². The van der Waals surface area contributed by atoms with Crippen LogP contribution in [0.2, 0.25) is 0 Å². The smallest absolute Gasteiger partial charge is 0.156 e. The Morgan fingerprint density at radius 2 is 2.57 bits per heavy atom. The highest BCUT2D eigenvalue weighted by Crippen LogP contribution is 2.10. The fourth-order valence-corrected chi connectivity index (χ4v) is 2.15. The lowest BCUT2D eigenvalue weighted by molar-refractivity contribution is 0.387. The summed E-state index contributed by atoms with van der Waals surface area (Å²) in [5.74, 6) is 0.639. The first-order chi connectivity index (χ1) is 3.29. The predicted octanol–water partition coefficient (Wildman–Crippen LogP) is 0.444. The van der Waals surface area contributed by atoms with Crippen LogP contribution in [0.3, 0.4) is 0 Å². The van der Waals surface area contributed by atoms with Crippen molar-refractivity contribution in [3.05, 3.63) is 0 Å². The van der Waals surface area contributed by atoms with Crippen LogP contribution in [-0.2, 0) is 15.3 Å². The maximum atomic E-state index is 10.3. The second kappa shape index (κ2) is 2.24. The number of halogens is 1. The fourth-order valence-electron chi connectivity index (χ4n) is 0.394. The van der Waals surface area contributed by atoms with Gasteiger partial charge >= 0.3 is 0 Å². The summed E-state index contributed by atoms with van der Waals surface area (Å²) in [6.45, 7) is 0.590. The summed E-state index contributed by atoms with van der Waals surface area (Å²) in [5, 5.41) is 0. The monoisotopic (exact) mass is 184 g/mol. The van der Waals surface area contributed by atoms with Gasteiger partial charge in [0.15, 0.2) is 11.1 Å². The van der Waals surface area contributed by atoms with Crippen LogP contribution >= 0.6 is 15.9 Å². The molecule has 2 unspecified atom stereocenters. The van der Waals surface area contributed by atoms with Crippen molar-refractivity contribution in [1.82, 2.24) is 0 Å². The summed E-state index contributed by atoms with van der Waals surface area (Å²) in [7, 11) is 0. The fraction of sp³-hybridized carbons (Fsp3) is 1.00. The minimum Gasteiger partial charge on any atom is -0.289 e. The summed E-state index contributed by atoms with van der Waals surface area (Å²) in [6, 6.07) is 0. The van der Waals surface area contributed by atoms with Gasteiger partial charge in [0.25, 0.3) is 0 Å². The number of hydrogen-bond acceptors (Lipinski definition) is 2. The SMILES string of the molecule is O=S1CC(Br)CO1. The molecule has 1 rings (SSSR count). The van der Waals surface area contributed by atoms with Crippen LogP contribution in [0.15, 0.2) is 0 Å². The molecule has 0 aliphatic carbocycles. The molecule has 2 nitrogen and oxygen atoms in total. The van der Waals surface area contributed by atoms with E-state index in [0.29, 0.717) is 17.2 Å². The highest BCUT2D eigenvalue weighted by molar-refractivity contribution is 9.09. The molecule has 0 bridgehead atoms. The van der Waals surface area contributed by atoms with E-state index in [1.165, 1.54) is 0 Å². The maximum Gasteiger partial charge on any atom is 0.156 e. The molecule has 1 aliphatic rings. The van der Waals surface area contributed by atoms with E-state index in [-0.39, 0.29) is 0 Å². The molecule has 0 N–H and O–H groups in total. The molecule has 4 heteroatoms. The lowest BCUT2D eigenvalue weighted by Gasteiger charge is -1.83. The van der Waals surface area contributed by atoms with Gasteiger partial charge in [0.1, 0.15) is 0 Å². The van der Waals surface area contributed by atoms with E-state index in [2.05, 4.69) is 15.9 Å². The van der Waals surface area contributed by atoms with E-state index in [9.17, 15) is 4.21 Å². The molecule has 7 heavy (non-hydrogen) atoms. The third-order valence-corrected chi connectivity index (χ3v) is 2.79. The largest absolute Gasteiger partial charge is 0.289 e. The van der Waals surface area contributed by atoms with E-state index in [0.717, 1.165) is 0 Å². The topological polar surface area (TPSA) is 26.3 Å². The maximum absolute atomic E-state index is 10.3. The molecule has 42 valence electrons. The average molecular weight is 185 g/mol. The lowest BCUT2D eigenvalue weighted by Crippen LogP contribution is -1.98. The highest BCUT2D eigenvalue weighted by atomic mass is 79.9. The third kappa shape index (κ3) is 1.51. The minimum atomic E-state index is -1.000. The molecule has 0 aromatic carbocycles. The van der Waals surface area contributed by atoms with Crippen LogP contribution in [0.25, 0.3) is 0 Å². The molecule has 0 saturated carbocycles. The molecule has 0 aromatic heterocycles. The van der Waals surface area contributed by atoms with Crippen LogP contribution in [-0.4, -0.2) is 21.4 Å². The first kappa shape index (κ1) is 5.72. The molecular formula is C3H5BrO2S. The Morgan fingerprint density at radius 1 is 1.86 bits per heavy atom. The van der Waals surface area contributed by atoms with Crippen molar-refractivity contribution in [3.8, 4) is 0 Å². The van der Waals surface area contributed by atoms with Crippen LogP contribution in [0.5, 0.6) is 0 Å². The molecule has 0 amide bonds. The van der Waals surface area contributed by atoms with Crippen molar-refractivity contribution in [3.63, 3.8) is 0 Å². The van der Waals surface area contributed by atoms with E-state index in [1.54, 1.807) is 0 Å². The zero-order valence-corrected chi connectivity index (χ0v) is 6.00. The normalized spacial score (nSPS) is 41.9. The standard InChI is InChI=1S/C3H5BrO2S/c4-3-1-6-7(5)2-3/h3H,1-2H2. The Hall–Kier alpha value is 0.590.